The number of aliphatic imine (C=N–C) groups is 1. The third-order valence-electron chi connectivity index (χ3n) is 3.42. The number of hydrogen-bond acceptors (Lipinski definition) is 1. The Bertz CT molecular complexity index is 215. The van der Waals surface area contributed by atoms with Crippen LogP contribution in [0.25, 0.3) is 0 Å². The SMILES string of the molecule is NC(=NCCCC1CC1)N1CCCCC1. The van der Waals surface area contributed by atoms with Crippen LogP contribution in [0.2, 0.25) is 0 Å². The standard InChI is InChI=1S/C12H23N3/c13-12(15-9-2-1-3-10-15)14-8-4-5-11-6-7-11/h11H,1-10H2,(H2,13,14). The lowest BCUT2D eigenvalue weighted by atomic mass is 10.1. The maximum atomic E-state index is 5.96. The first kappa shape index (κ1) is 10.8. The molecule has 0 radical (unpaired) electrons. The van der Waals surface area contributed by atoms with Gasteiger partial charge < -0.3 is 10.6 Å². The van der Waals surface area contributed by atoms with Crippen LogP contribution in [-0.2, 0) is 0 Å². The van der Waals surface area contributed by atoms with E-state index in [2.05, 4.69) is 9.89 Å². The molecule has 0 amide bonds. The van der Waals surface area contributed by atoms with E-state index in [0.29, 0.717) is 0 Å². The fourth-order valence-electron chi connectivity index (χ4n) is 2.20. The van der Waals surface area contributed by atoms with Crippen LogP contribution < -0.4 is 5.73 Å². The maximum absolute atomic E-state index is 5.96. The Labute approximate surface area is 92.7 Å². The molecule has 2 N–H and O–H groups in total. The highest BCUT2D eigenvalue weighted by molar-refractivity contribution is 5.78. The van der Waals surface area contributed by atoms with Gasteiger partial charge in [0.05, 0.1) is 0 Å². The second kappa shape index (κ2) is 5.38. The minimum absolute atomic E-state index is 0.783. The molecule has 1 aliphatic carbocycles. The fourth-order valence-corrected chi connectivity index (χ4v) is 2.20. The highest BCUT2D eigenvalue weighted by Crippen LogP contribution is 2.33. The molecule has 1 aliphatic heterocycles. The van der Waals surface area contributed by atoms with Crippen LogP contribution in [0.4, 0.5) is 0 Å². The van der Waals surface area contributed by atoms with Crippen molar-refractivity contribution < 1.29 is 0 Å². The molecule has 0 spiro atoms. The van der Waals surface area contributed by atoms with Crippen LogP contribution >= 0.6 is 0 Å². The summed E-state index contributed by atoms with van der Waals surface area (Å²) in [5.74, 6) is 1.81. The average Bonchev–Trinajstić information content (AvgIpc) is 3.09. The lowest BCUT2D eigenvalue weighted by Crippen LogP contribution is -2.40. The van der Waals surface area contributed by atoms with Crippen LogP contribution in [-0.4, -0.2) is 30.5 Å². The van der Waals surface area contributed by atoms with Crippen molar-refractivity contribution in [2.75, 3.05) is 19.6 Å². The van der Waals surface area contributed by atoms with Crippen molar-refractivity contribution in [1.29, 1.82) is 0 Å². The molecular weight excluding hydrogens is 186 g/mol. The van der Waals surface area contributed by atoms with Crippen LogP contribution in [0.5, 0.6) is 0 Å². The van der Waals surface area contributed by atoms with Crippen molar-refractivity contribution in [2.24, 2.45) is 16.6 Å². The highest BCUT2D eigenvalue weighted by atomic mass is 15.2. The highest BCUT2D eigenvalue weighted by Gasteiger charge is 2.20. The zero-order valence-electron chi connectivity index (χ0n) is 9.62. The monoisotopic (exact) mass is 209 g/mol. The molecule has 3 nitrogen and oxygen atoms in total. The van der Waals surface area contributed by atoms with Gasteiger partial charge >= 0.3 is 0 Å². The van der Waals surface area contributed by atoms with E-state index in [1.165, 1.54) is 44.9 Å². The first-order chi connectivity index (χ1) is 7.36. The van der Waals surface area contributed by atoms with Gasteiger partial charge in [0.2, 0.25) is 0 Å². The molecule has 1 saturated heterocycles. The second-order valence-electron chi connectivity index (χ2n) is 4.87. The summed E-state index contributed by atoms with van der Waals surface area (Å²) < 4.78 is 0. The minimum Gasteiger partial charge on any atom is -0.370 e. The summed E-state index contributed by atoms with van der Waals surface area (Å²) in [5.41, 5.74) is 5.96. The number of hydrogen-bond donors (Lipinski definition) is 1. The first-order valence-corrected chi connectivity index (χ1v) is 6.41. The molecule has 3 heteroatoms. The summed E-state index contributed by atoms with van der Waals surface area (Å²) >= 11 is 0. The molecule has 2 rings (SSSR count). The summed E-state index contributed by atoms with van der Waals surface area (Å²) in [4.78, 5) is 6.70. The normalized spacial score (nSPS) is 23.2. The Morgan fingerprint density at radius 1 is 1.20 bits per heavy atom. The average molecular weight is 209 g/mol. The van der Waals surface area contributed by atoms with Gasteiger partial charge in [0.1, 0.15) is 0 Å². The van der Waals surface area contributed by atoms with Crippen LogP contribution in [0.3, 0.4) is 0 Å². The van der Waals surface area contributed by atoms with Crippen molar-refractivity contribution >= 4 is 5.96 Å². The first-order valence-electron chi connectivity index (χ1n) is 6.41. The quantitative estimate of drug-likeness (QED) is 0.437. The molecule has 0 aromatic rings. The van der Waals surface area contributed by atoms with Gasteiger partial charge in [-0.15, -0.1) is 0 Å². The van der Waals surface area contributed by atoms with Gasteiger partial charge in [0, 0.05) is 19.6 Å². The Balaban J connectivity index is 1.63. The summed E-state index contributed by atoms with van der Waals surface area (Å²) in [5, 5.41) is 0. The van der Waals surface area contributed by atoms with Gasteiger partial charge in [-0.1, -0.05) is 12.8 Å². The van der Waals surface area contributed by atoms with Gasteiger partial charge in [-0.25, -0.2) is 0 Å². The van der Waals surface area contributed by atoms with Crippen molar-refractivity contribution in [3.05, 3.63) is 0 Å². The lowest BCUT2D eigenvalue weighted by Gasteiger charge is -2.27. The predicted molar refractivity (Wildman–Crippen MR) is 63.9 cm³/mol. The molecule has 0 aromatic heterocycles. The van der Waals surface area contributed by atoms with Crippen LogP contribution in [0.1, 0.15) is 44.9 Å². The number of likely N-dealkylation sites (tertiary alicyclic amines) is 1. The lowest BCUT2D eigenvalue weighted by molar-refractivity contribution is 0.338. The molecule has 86 valence electrons. The van der Waals surface area contributed by atoms with E-state index in [-0.39, 0.29) is 0 Å². The van der Waals surface area contributed by atoms with Gasteiger partial charge in [-0.3, -0.25) is 4.99 Å². The topological polar surface area (TPSA) is 41.6 Å². The molecule has 1 heterocycles. The van der Waals surface area contributed by atoms with Crippen molar-refractivity contribution in [3.63, 3.8) is 0 Å². The molecule has 2 fully saturated rings. The van der Waals surface area contributed by atoms with Crippen molar-refractivity contribution in [1.82, 2.24) is 4.90 Å². The van der Waals surface area contributed by atoms with Gasteiger partial charge in [0.15, 0.2) is 5.96 Å². The molecule has 0 aromatic carbocycles. The number of nitrogens with two attached hydrogens (primary N) is 1. The molecular formula is C12H23N3. The molecule has 15 heavy (non-hydrogen) atoms. The minimum atomic E-state index is 0.783. The number of piperidine rings is 1. The van der Waals surface area contributed by atoms with Crippen molar-refractivity contribution in [3.8, 4) is 0 Å². The fraction of sp³-hybridized carbons (Fsp3) is 0.917. The van der Waals surface area contributed by atoms with Crippen molar-refractivity contribution in [2.45, 2.75) is 44.9 Å². The number of rotatable bonds is 4. The van der Waals surface area contributed by atoms with E-state index < -0.39 is 0 Å². The largest absolute Gasteiger partial charge is 0.370 e. The number of guanidine groups is 1. The van der Waals surface area contributed by atoms with Gasteiger partial charge in [0.25, 0.3) is 0 Å². The van der Waals surface area contributed by atoms with E-state index >= 15 is 0 Å². The molecule has 1 saturated carbocycles. The van der Waals surface area contributed by atoms with E-state index in [0.717, 1.165) is 31.5 Å². The number of nitrogens with zero attached hydrogens (tertiary/aromatic N) is 2. The van der Waals surface area contributed by atoms with Gasteiger partial charge in [-0.05, 0) is 38.0 Å². The van der Waals surface area contributed by atoms with Crippen LogP contribution in [0, 0.1) is 5.92 Å². The van der Waals surface area contributed by atoms with E-state index in [1.54, 1.807) is 0 Å². The second-order valence-corrected chi connectivity index (χ2v) is 4.87. The van der Waals surface area contributed by atoms with E-state index in [9.17, 15) is 0 Å². The maximum Gasteiger partial charge on any atom is 0.191 e. The third kappa shape index (κ3) is 3.73. The smallest absolute Gasteiger partial charge is 0.191 e. The Hall–Kier alpha value is -0.730. The Morgan fingerprint density at radius 2 is 1.93 bits per heavy atom. The molecule has 0 atom stereocenters. The van der Waals surface area contributed by atoms with E-state index in [4.69, 9.17) is 5.73 Å². The zero-order chi connectivity index (χ0) is 10.5. The van der Waals surface area contributed by atoms with E-state index in [1.807, 2.05) is 0 Å². The summed E-state index contributed by atoms with van der Waals surface area (Å²) in [6.07, 6.45) is 9.38. The Morgan fingerprint density at radius 3 is 2.60 bits per heavy atom. The Kier molecular flexibility index (Phi) is 3.87. The zero-order valence-corrected chi connectivity index (χ0v) is 9.62. The molecule has 0 unspecified atom stereocenters. The summed E-state index contributed by atoms with van der Waals surface area (Å²) in [7, 11) is 0. The third-order valence-corrected chi connectivity index (χ3v) is 3.42. The molecule has 0 bridgehead atoms. The summed E-state index contributed by atoms with van der Waals surface area (Å²) in [6.45, 7) is 3.15. The van der Waals surface area contributed by atoms with Crippen LogP contribution in [0.15, 0.2) is 4.99 Å². The molecule has 2 aliphatic rings. The summed E-state index contributed by atoms with van der Waals surface area (Å²) in [6, 6.07) is 0. The van der Waals surface area contributed by atoms with Gasteiger partial charge in [-0.2, -0.15) is 0 Å². The predicted octanol–water partition coefficient (Wildman–Crippen LogP) is 1.98.